The number of benzene rings is 1. The number of amides is 1. The SMILES string of the molecule is CCc1nc(N)sc1C(=O)N/N=C/c1ccccc1F. The van der Waals surface area contributed by atoms with Crippen LogP contribution in [0.25, 0.3) is 0 Å². The molecular formula is C13H13FN4OS. The summed E-state index contributed by atoms with van der Waals surface area (Å²) in [7, 11) is 0. The summed E-state index contributed by atoms with van der Waals surface area (Å²) in [5.74, 6) is -0.801. The van der Waals surface area contributed by atoms with E-state index in [-0.39, 0.29) is 0 Å². The molecule has 0 aliphatic carbocycles. The molecule has 0 unspecified atom stereocenters. The maximum atomic E-state index is 13.3. The molecule has 20 heavy (non-hydrogen) atoms. The van der Waals surface area contributed by atoms with Crippen LogP contribution < -0.4 is 11.2 Å². The second-order valence-corrected chi connectivity index (χ2v) is 4.93. The van der Waals surface area contributed by atoms with Gasteiger partial charge in [-0.25, -0.2) is 14.8 Å². The second-order valence-electron chi connectivity index (χ2n) is 3.90. The summed E-state index contributed by atoms with van der Waals surface area (Å²) in [6.07, 6.45) is 1.86. The molecule has 0 saturated heterocycles. The van der Waals surface area contributed by atoms with Crippen molar-refractivity contribution in [3.63, 3.8) is 0 Å². The lowest BCUT2D eigenvalue weighted by atomic mass is 10.2. The average molecular weight is 292 g/mol. The number of nitrogens with zero attached hydrogens (tertiary/aromatic N) is 2. The molecule has 1 heterocycles. The van der Waals surface area contributed by atoms with Gasteiger partial charge >= 0.3 is 0 Å². The van der Waals surface area contributed by atoms with E-state index in [1.54, 1.807) is 18.2 Å². The van der Waals surface area contributed by atoms with Crippen LogP contribution in [0.1, 0.15) is 27.9 Å². The smallest absolute Gasteiger partial charge is 0.283 e. The minimum absolute atomic E-state index is 0.298. The largest absolute Gasteiger partial charge is 0.375 e. The molecule has 0 aliphatic rings. The lowest BCUT2D eigenvalue weighted by molar-refractivity contribution is 0.0958. The van der Waals surface area contributed by atoms with Crippen LogP contribution >= 0.6 is 11.3 Å². The van der Waals surface area contributed by atoms with Crippen molar-refractivity contribution in [2.24, 2.45) is 5.10 Å². The first-order valence-electron chi connectivity index (χ1n) is 5.95. The highest BCUT2D eigenvalue weighted by Gasteiger charge is 2.15. The molecule has 5 nitrogen and oxygen atoms in total. The van der Waals surface area contributed by atoms with Crippen LogP contribution in [-0.4, -0.2) is 17.1 Å². The number of nitrogen functional groups attached to an aromatic ring is 1. The Balaban J connectivity index is 2.07. The Bertz CT molecular complexity index is 654. The van der Waals surface area contributed by atoms with Gasteiger partial charge in [0, 0.05) is 5.56 Å². The van der Waals surface area contributed by atoms with E-state index >= 15 is 0 Å². The van der Waals surface area contributed by atoms with Crippen molar-refractivity contribution in [1.82, 2.24) is 10.4 Å². The number of hydrogen-bond donors (Lipinski definition) is 2. The van der Waals surface area contributed by atoms with Crippen molar-refractivity contribution in [2.45, 2.75) is 13.3 Å². The average Bonchev–Trinajstić information content (AvgIpc) is 2.82. The number of thiazole rings is 1. The summed E-state index contributed by atoms with van der Waals surface area (Å²) < 4.78 is 13.3. The number of carbonyl (C=O) groups excluding carboxylic acids is 1. The Labute approximate surface area is 119 Å². The Hall–Kier alpha value is -2.28. The monoisotopic (exact) mass is 292 g/mol. The predicted octanol–water partition coefficient (Wildman–Crippen LogP) is 2.19. The molecule has 2 rings (SSSR count). The zero-order valence-electron chi connectivity index (χ0n) is 10.8. The van der Waals surface area contributed by atoms with Crippen molar-refractivity contribution in [2.75, 3.05) is 5.73 Å². The molecule has 0 atom stereocenters. The fourth-order valence-corrected chi connectivity index (χ4v) is 2.39. The van der Waals surface area contributed by atoms with Crippen LogP contribution in [0.4, 0.5) is 9.52 Å². The van der Waals surface area contributed by atoms with E-state index in [2.05, 4.69) is 15.5 Å². The number of anilines is 1. The lowest BCUT2D eigenvalue weighted by Crippen LogP contribution is -2.17. The molecule has 0 radical (unpaired) electrons. The van der Waals surface area contributed by atoms with Gasteiger partial charge in [-0.05, 0) is 12.5 Å². The summed E-state index contributed by atoms with van der Waals surface area (Å²) in [5.41, 5.74) is 8.84. The van der Waals surface area contributed by atoms with Crippen molar-refractivity contribution in [1.29, 1.82) is 0 Å². The van der Waals surface area contributed by atoms with E-state index in [1.165, 1.54) is 12.3 Å². The maximum Gasteiger partial charge on any atom is 0.283 e. The van der Waals surface area contributed by atoms with Gasteiger partial charge in [0.2, 0.25) is 0 Å². The molecule has 1 amide bonds. The predicted molar refractivity (Wildman–Crippen MR) is 77.4 cm³/mol. The van der Waals surface area contributed by atoms with Crippen molar-refractivity contribution in [3.05, 3.63) is 46.2 Å². The van der Waals surface area contributed by atoms with Crippen molar-refractivity contribution >= 4 is 28.6 Å². The van der Waals surface area contributed by atoms with Gasteiger partial charge < -0.3 is 5.73 Å². The highest BCUT2D eigenvalue weighted by atomic mass is 32.1. The minimum atomic E-state index is -0.401. The van der Waals surface area contributed by atoms with E-state index in [9.17, 15) is 9.18 Å². The highest BCUT2D eigenvalue weighted by Crippen LogP contribution is 2.20. The van der Waals surface area contributed by atoms with Crippen LogP contribution in [-0.2, 0) is 6.42 Å². The highest BCUT2D eigenvalue weighted by molar-refractivity contribution is 7.17. The first kappa shape index (κ1) is 14.1. The van der Waals surface area contributed by atoms with Crippen LogP contribution in [0.2, 0.25) is 0 Å². The Morgan fingerprint density at radius 1 is 1.55 bits per heavy atom. The molecular weight excluding hydrogens is 279 g/mol. The Morgan fingerprint density at radius 3 is 3.00 bits per heavy atom. The third kappa shape index (κ3) is 3.18. The van der Waals surface area contributed by atoms with Crippen molar-refractivity contribution in [3.8, 4) is 0 Å². The van der Waals surface area contributed by atoms with Gasteiger partial charge in [0.05, 0.1) is 11.9 Å². The topological polar surface area (TPSA) is 80.4 Å². The molecule has 0 saturated carbocycles. The number of hydrogen-bond acceptors (Lipinski definition) is 5. The second kappa shape index (κ2) is 6.25. The lowest BCUT2D eigenvalue weighted by Gasteiger charge is -1.98. The van der Waals surface area contributed by atoms with E-state index in [0.717, 1.165) is 11.3 Å². The fourth-order valence-electron chi connectivity index (χ4n) is 1.58. The third-order valence-electron chi connectivity index (χ3n) is 2.53. The van der Waals surface area contributed by atoms with E-state index in [4.69, 9.17) is 5.73 Å². The summed E-state index contributed by atoms with van der Waals surface area (Å²) in [5, 5.41) is 4.07. The first-order valence-corrected chi connectivity index (χ1v) is 6.76. The molecule has 0 bridgehead atoms. The van der Waals surface area contributed by atoms with Gasteiger partial charge in [0.25, 0.3) is 5.91 Å². The molecule has 104 valence electrons. The van der Waals surface area contributed by atoms with Gasteiger partial charge in [0.15, 0.2) is 5.13 Å². The Kier molecular flexibility index (Phi) is 4.41. The van der Waals surface area contributed by atoms with Gasteiger partial charge in [-0.15, -0.1) is 0 Å². The maximum absolute atomic E-state index is 13.3. The zero-order valence-corrected chi connectivity index (χ0v) is 11.6. The van der Waals surface area contributed by atoms with Crippen LogP contribution in [0.5, 0.6) is 0 Å². The molecule has 3 N–H and O–H groups in total. The number of aromatic nitrogens is 1. The molecule has 7 heteroatoms. The zero-order chi connectivity index (χ0) is 14.5. The number of hydrazone groups is 1. The van der Waals surface area contributed by atoms with Gasteiger partial charge in [-0.2, -0.15) is 5.10 Å². The molecule has 0 aliphatic heterocycles. The number of carbonyl (C=O) groups is 1. The van der Waals surface area contributed by atoms with Gasteiger partial charge in [0.1, 0.15) is 10.7 Å². The standard InChI is InChI=1S/C13H13FN4OS/c1-2-10-11(20-13(15)17-10)12(19)18-16-7-8-5-3-4-6-9(8)14/h3-7H,2H2,1H3,(H2,15,17)(H,18,19)/b16-7+. The quantitative estimate of drug-likeness (QED) is 0.669. The van der Waals surface area contributed by atoms with Crippen LogP contribution in [0, 0.1) is 5.82 Å². The third-order valence-corrected chi connectivity index (χ3v) is 3.46. The van der Waals surface area contributed by atoms with Gasteiger partial charge in [-0.1, -0.05) is 36.5 Å². The number of aryl methyl sites for hydroxylation is 1. The first-order chi connectivity index (χ1) is 9.61. The van der Waals surface area contributed by atoms with Crippen molar-refractivity contribution < 1.29 is 9.18 Å². The van der Waals surface area contributed by atoms with E-state index in [1.807, 2.05) is 6.92 Å². The van der Waals surface area contributed by atoms with Crippen LogP contribution in [0.15, 0.2) is 29.4 Å². The molecule has 2 aromatic rings. The number of nitrogens with two attached hydrogens (primary N) is 1. The van der Waals surface area contributed by atoms with E-state index < -0.39 is 11.7 Å². The number of nitrogens with one attached hydrogen (secondary N) is 1. The normalized spacial score (nSPS) is 10.9. The van der Waals surface area contributed by atoms with Gasteiger partial charge in [-0.3, -0.25) is 4.79 Å². The van der Waals surface area contributed by atoms with Crippen LogP contribution in [0.3, 0.4) is 0 Å². The molecule has 1 aromatic heterocycles. The number of halogens is 1. The summed E-state index contributed by atoms with van der Waals surface area (Å²) in [6.45, 7) is 1.88. The summed E-state index contributed by atoms with van der Waals surface area (Å²) >= 11 is 1.10. The molecule has 1 aromatic carbocycles. The fraction of sp³-hybridized carbons (Fsp3) is 0.154. The Morgan fingerprint density at radius 2 is 2.30 bits per heavy atom. The van der Waals surface area contributed by atoms with E-state index in [0.29, 0.717) is 27.7 Å². The molecule has 0 spiro atoms. The number of rotatable bonds is 4. The summed E-state index contributed by atoms with van der Waals surface area (Å²) in [4.78, 5) is 16.4. The molecule has 0 fully saturated rings. The summed E-state index contributed by atoms with van der Waals surface area (Å²) in [6, 6.07) is 6.15. The minimum Gasteiger partial charge on any atom is -0.375 e.